The van der Waals surface area contributed by atoms with E-state index in [4.69, 9.17) is 0 Å². The zero-order valence-electron chi connectivity index (χ0n) is 6.96. The molecule has 0 bridgehead atoms. The first-order chi connectivity index (χ1) is 5.70. The second kappa shape index (κ2) is 2.20. The highest BCUT2D eigenvalue weighted by atomic mass is 16.1. The van der Waals surface area contributed by atoms with Crippen LogP contribution in [0.5, 0.6) is 0 Å². The number of aromatic amines is 1. The summed E-state index contributed by atoms with van der Waals surface area (Å²) in [5.74, 6) is 0. The van der Waals surface area contributed by atoms with Crippen molar-refractivity contribution in [3.05, 3.63) is 33.9 Å². The van der Waals surface area contributed by atoms with Gasteiger partial charge in [0, 0.05) is 17.3 Å². The second-order valence-corrected chi connectivity index (χ2v) is 2.79. The summed E-state index contributed by atoms with van der Waals surface area (Å²) in [4.78, 5) is 14.0. The van der Waals surface area contributed by atoms with Gasteiger partial charge in [-0.2, -0.15) is 5.10 Å². The quantitative estimate of drug-likeness (QED) is 0.619. The fourth-order valence-corrected chi connectivity index (χ4v) is 1.20. The van der Waals surface area contributed by atoms with Gasteiger partial charge in [-0.25, -0.2) is 4.52 Å². The summed E-state index contributed by atoms with van der Waals surface area (Å²) in [7, 11) is 0. The third kappa shape index (κ3) is 0.777. The first kappa shape index (κ1) is 7.09. The molecule has 4 heteroatoms. The molecule has 1 N–H and O–H groups in total. The first-order valence-corrected chi connectivity index (χ1v) is 3.73. The molecule has 0 unspecified atom stereocenters. The number of nitrogens with zero attached hydrogens (tertiary/aromatic N) is 2. The van der Waals surface area contributed by atoms with Crippen LogP contribution in [0, 0.1) is 13.8 Å². The van der Waals surface area contributed by atoms with Gasteiger partial charge in [-0.3, -0.25) is 4.79 Å². The molecule has 0 amide bonds. The summed E-state index contributed by atoms with van der Waals surface area (Å²) in [5, 5.41) is 4.07. The monoisotopic (exact) mass is 163 g/mol. The van der Waals surface area contributed by atoms with Gasteiger partial charge in [-0.1, -0.05) is 0 Å². The van der Waals surface area contributed by atoms with Gasteiger partial charge in [0.15, 0.2) is 0 Å². The normalized spacial score (nSPS) is 10.8. The minimum absolute atomic E-state index is 0.0412. The Bertz CT molecular complexity index is 480. The van der Waals surface area contributed by atoms with Crippen LogP contribution < -0.4 is 5.56 Å². The summed E-state index contributed by atoms with van der Waals surface area (Å²) >= 11 is 0. The van der Waals surface area contributed by atoms with Crippen LogP contribution in [0.25, 0.3) is 5.65 Å². The lowest BCUT2D eigenvalue weighted by Crippen LogP contribution is -2.15. The van der Waals surface area contributed by atoms with E-state index in [1.54, 1.807) is 23.7 Å². The maximum Gasteiger partial charge on any atom is 0.254 e. The van der Waals surface area contributed by atoms with Crippen molar-refractivity contribution in [2.45, 2.75) is 13.8 Å². The molecule has 2 aromatic rings. The van der Waals surface area contributed by atoms with Crippen molar-refractivity contribution in [1.29, 1.82) is 0 Å². The van der Waals surface area contributed by atoms with Crippen LogP contribution in [0.4, 0.5) is 0 Å². The smallest absolute Gasteiger partial charge is 0.254 e. The fraction of sp³-hybridized carbons (Fsp3) is 0.250. The molecule has 0 saturated heterocycles. The molecule has 62 valence electrons. The van der Waals surface area contributed by atoms with E-state index in [1.807, 2.05) is 6.92 Å². The molecule has 0 aliphatic rings. The Morgan fingerprint density at radius 3 is 3.00 bits per heavy atom. The van der Waals surface area contributed by atoms with Crippen molar-refractivity contribution in [1.82, 2.24) is 14.6 Å². The molecule has 2 heterocycles. The first-order valence-electron chi connectivity index (χ1n) is 3.73. The Morgan fingerprint density at radius 1 is 1.50 bits per heavy atom. The number of aryl methyl sites for hydroxylation is 1. The van der Waals surface area contributed by atoms with Crippen LogP contribution in [0.15, 0.2) is 17.1 Å². The molecule has 12 heavy (non-hydrogen) atoms. The van der Waals surface area contributed by atoms with Crippen molar-refractivity contribution >= 4 is 5.65 Å². The van der Waals surface area contributed by atoms with Crippen molar-refractivity contribution in [2.24, 2.45) is 0 Å². The van der Waals surface area contributed by atoms with Crippen LogP contribution >= 0.6 is 0 Å². The topological polar surface area (TPSA) is 50.2 Å². The van der Waals surface area contributed by atoms with Crippen molar-refractivity contribution < 1.29 is 0 Å². The van der Waals surface area contributed by atoms with E-state index >= 15 is 0 Å². The Labute approximate surface area is 68.8 Å². The molecule has 0 aliphatic carbocycles. The summed E-state index contributed by atoms with van der Waals surface area (Å²) in [5.41, 5.74) is 2.30. The number of hydrogen-bond donors (Lipinski definition) is 1. The molecule has 2 rings (SSSR count). The van der Waals surface area contributed by atoms with Crippen LogP contribution in [0.3, 0.4) is 0 Å². The van der Waals surface area contributed by atoms with Crippen LogP contribution in [-0.4, -0.2) is 14.6 Å². The van der Waals surface area contributed by atoms with Gasteiger partial charge >= 0.3 is 0 Å². The Morgan fingerprint density at radius 2 is 2.25 bits per heavy atom. The van der Waals surface area contributed by atoms with Gasteiger partial charge in [0.25, 0.3) is 5.56 Å². The summed E-state index contributed by atoms with van der Waals surface area (Å²) < 4.78 is 1.72. The van der Waals surface area contributed by atoms with Gasteiger partial charge in [0.1, 0.15) is 5.65 Å². The number of nitrogens with one attached hydrogen (secondary N) is 1. The minimum Gasteiger partial charge on any atom is -0.307 e. The third-order valence-electron chi connectivity index (χ3n) is 2.09. The second-order valence-electron chi connectivity index (χ2n) is 2.79. The van der Waals surface area contributed by atoms with Gasteiger partial charge < -0.3 is 4.98 Å². The molecule has 0 spiro atoms. The Kier molecular flexibility index (Phi) is 1.30. The van der Waals surface area contributed by atoms with Gasteiger partial charge in [0.2, 0.25) is 0 Å². The average Bonchev–Trinajstić information content (AvgIpc) is 2.48. The van der Waals surface area contributed by atoms with Crippen LogP contribution in [0.1, 0.15) is 11.3 Å². The van der Waals surface area contributed by atoms with Crippen LogP contribution in [0.2, 0.25) is 0 Å². The Hall–Kier alpha value is -1.58. The highest BCUT2D eigenvalue weighted by Gasteiger charge is 2.03. The lowest BCUT2D eigenvalue weighted by Gasteiger charge is -2.00. The van der Waals surface area contributed by atoms with E-state index < -0.39 is 0 Å². The lowest BCUT2D eigenvalue weighted by atomic mass is 10.3. The molecule has 0 atom stereocenters. The third-order valence-corrected chi connectivity index (χ3v) is 2.09. The highest BCUT2D eigenvalue weighted by Crippen LogP contribution is 2.02. The molecule has 0 saturated carbocycles. The summed E-state index contributed by atoms with van der Waals surface area (Å²) in [6, 6.07) is 1.77. The molecule has 2 aromatic heterocycles. The highest BCUT2D eigenvalue weighted by molar-refractivity contribution is 5.38. The standard InChI is InChI=1S/C8H9N3O/c1-5-6(2)11-7(3-4-9-11)10-8(5)12/h3-4H,1-2H3,(H,10,12). The van der Waals surface area contributed by atoms with E-state index in [0.717, 1.165) is 11.3 Å². The lowest BCUT2D eigenvalue weighted by molar-refractivity contribution is 0.871. The number of H-pyrrole nitrogens is 1. The molecular formula is C8H9N3O. The van der Waals surface area contributed by atoms with E-state index in [1.165, 1.54) is 0 Å². The van der Waals surface area contributed by atoms with Crippen molar-refractivity contribution in [2.75, 3.05) is 0 Å². The molecular weight excluding hydrogens is 154 g/mol. The summed E-state index contributed by atoms with van der Waals surface area (Å²) in [6.45, 7) is 3.67. The van der Waals surface area contributed by atoms with E-state index in [-0.39, 0.29) is 5.56 Å². The molecule has 0 fully saturated rings. The van der Waals surface area contributed by atoms with Gasteiger partial charge in [-0.05, 0) is 13.8 Å². The predicted molar refractivity (Wildman–Crippen MR) is 45.3 cm³/mol. The van der Waals surface area contributed by atoms with E-state index in [2.05, 4.69) is 10.1 Å². The minimum atomic E-state index is -0.0412. The van der Waals surface area contributed by atoms with Crippen molar-refractivity contribution in [3.8, 4) is 0 Å². The zero-order valence-corrected chi connectivity index (χ0v) is 6.96. The average molecular weight is 163 g/mol. The molecule has 0 aliphatic heterocycles. The van der Waals surface area contributed by atoms with Gasteiger partial charge in [0.05, 0.1) is 6.20 Å². The number of hydrogen-bond acceptors (Lipinski definition) is 2. The number of fused-ring (bicyclic) bond motifs is 1. The van der Waals surface area contributed by atoms with Crippen LogP contribution in [-0.2, 0) is 0 Å². The largest absolute Gasteiger partial charge is 0.307 e. The number of rotatable bonds is 0. The summed E-state index contributed by atoms with van der Waals surface area (Å²) in [6.07, 6.45) is 1.66. The SMILES string of the molecule is Cc1c(C)n2nccc2[nH]c1=O. The van der Waals surface area contributed by atoms with Crippen molar-refractivity contribution in [3.63, 3.8) is 0 Å². The van der Waals surface area contributed by atoms with Gasteiger partial charge in [-0.15, -0.1) is 0 Å². The maximum absolute atomic E-state index is 11.3. The van der Waals surface area contributed by atoms with E-state index in [9.17, 15) is 4.79 Å². The zero-order chi connectivity index (χ0) is 8.72. The van der Waals surface area contributed by atoms with E-state index in [0.29, 0.717) is 5.56 Å². The number of aromatic nitrogens is 3. The fourth-order valence-electron chi connectivity index (χ4n) is 1.20. The predicted octanol–water partition coefficient (Wildman–Crippen LogP) is 0.639. The molecule has 0 radical (unpaired) electrons. The molecule has 4 nitrogen and oxygen atoms in total. The Balaban J connectivity index is 3.04. The molecule has 0 aromatic carbocycles. The maximum atomic E-state index is 11.3.